The summed E-state index contributed by atoms with van der Waals surface area (Å²) < 4.78 is 10.6. The Morgan fingerprint density at radius 1 is 1.24 bits per heavy atom. The lowest BCUT2D eigenvalue weighted by atomic mass is 10.1. The van der Waals surface area contributed by atoms with Crippen molar-refractivity contribution < 1.29 is 9.47 Å². The average Bonchev–Trinajstić information content (AvgIpc) is 2.69. The molecule has 1 aliphatic rings. The fourth-order valence-corrected chi connectivity index (χ4v) is 1.76. The summed E-state index contributed by atoms with van der Waals surface area (Å²) in [5.41, 5.74) is 1.98. The maximum absolute atomic E-state index is 5.36. The van der Waals surface area contributed by atoms with Crippen LogP contribution in [0.5, 0.6) is 11.5 Å². The summed E-state index contributed by atoms with van der Waals surface area (Å²) in [6.07, 6.45) is 1.90. The van der Waals surface area contributed by atoms with Crippen LogP contribution in [-0.4, -0.2) is 26.2 Å². The highest BCUT2D eigenvalue weighted by Crippen LogP contribution is 2.33. The standard InChI is InChI=1S/C13H16N2O2/c1-9-14-8-12(15(9)2)11-7-10(16-3)5-6-13(11)17-4/h5-8,14H,1H2,2-4H3. The van der Waals surface area contributed by atoms with E-state index in [2.05, 4.69) is 11.9 Å². The smallest absolute Gasteiger partial charge is 0.128 e. The van der Waals surface area contributed by atoms with Gasteiger partial charge in [-0.05, 0) is 18.2 Å². The largest absolute Gasteiger partial charge is 0.497 e. The van der Waals surface area contributed by atoms with Gasteiger partial charge in [-0.15, -0.1) is 0 Å². The van der Waals surface area contributed by atoms with Crippen LogP contribution >= 0.6 is 0 Å². The van der Waals surface area contributed by atoms with E-state index < -0.39 is 0 Å². The Kier molecular flexibility index (Phi) is 2.95. The number of nitrogens with zero attached hydrogens (tertiary/aromatic N) is 1. The van der Waals surface area contributed by atoms with Crippen molar-refractivity contribution in [2.24, 2.45) is 0 Å². The SMILES string of the molecule is C=C1NC=C(c2cc(OC)ccc2OC)N1C. The second-order valence-corrected chi connectivity index (χ2v) is 3.75. The number of methoxy groups -OCH3 is 2. The highest BCUT2D eigenvalue weighted by Gasteiger charge is 2.19. The molecule has 2 rings (SSSR count). The molecule has 0 bridgehead atoms. The van der Waals surface area contributed by atoms with Gasteiger partial charge in [-0.2, -0.15) is 0 Å². The Labute approximate surface area is 101 Å². The Morgan fingerprint density at radius 3 is 2.53 bits per heavy atom. The first-order chi connectivity index (χ1) is 8.17. The van der Waals surface area contributed by atoms with Crippen molar-refractivity contribution in [3.05, 3.63) is 42.4 Å². The molecule has 0 unspecified atom stereocenters. The van der Waals surface area contributed by atoms with Crippen molar-refractivity contribution in [2.75, 3.05) is 21.3 Å². The molecule has 4 nitrogen and oxygen atoms in total. The van der Waals surface area contributed by atoms with Gasteiger partial charge in [-0.3, -0.25) is 0 Å². The molecule has 1 aromatic rings. The predicted molar refractivity (Wildman–Crippen MR) is 67.6 cm³/mol. The van der Waals surface area contributed by atoms with Gasteiger partial charge in [0.2, 0.25) is 0 Å². The van der Waals surface area contributed by atoms with Gasteiger partial charge in [0.1, 0.15) is 17.3 Å². The predicted octanol–water partition coefficient (Wildman–Crippen LogP) is 2.01. The fourth-order valence-electron chi connectivity index (χ4n) is 1.76. The van der Waals surface area contributed by atoms with Crippen molar-refractivity contribution in [1.82, 2.24) is 10.2 Å². The molecule has 0 aliphatic carbocycles. The lowest BCUT2D eigenvalue weighted by molar-refractivity contribution is 0.401. The Balaban J connectivity index is 2.46. The summed E-state index contributed by atoms with van der Waals surface area (Å²) >= 11 is 0. The second-order valence-electron chi connectivity index (χ2n) is 3.75. The van der Waals surface area contributed by atoms with Gasteiger partial charge in [0.15, 0.2) is 0 Å². The van der Waals surface area contributed by atoms with Crippen LogP contribution in [0.25, 0.3) is 5.70 Å². The van der Waals surface area contributed by atoms with Crippen molar-refractivity contribution in [2.45, 2.75) is 0 Å². The molecule has 0 radical (unpaired) electrons. The molecule has 1 heterocycles. The lowest BCUT2D eigenvalue weighted by Crippen LogP contribution is -2.14. The van der Waals surface area contributed by atoms with Crippen LogP contribution in [0.15, 0.2) is 36.8 Å². The van der Waals surface area contributed by atoms with Crippen LogP contribution < -0.4 is 14.8 Å². The van der Waals surface area contributed by atoms with Gasteiger partial charge in [0.05, 0.1) is 19.9 Å². The number of hydrogen-bond acceptors (Lipinski definition) is 4. The zero-order chi connectivity index (χ0) is 12.4. The van der Waals surface area contributed by atoms with Crippen LogP contribution in [-0.2, 0) is 0 Å². The number of hydrogen-bond donors (Lipinski definition) is 1. The van der Waals surface area contributed by atoms with E-state index >= 15 is 0 Å². The van der Waals surface area contributed by atoms with E-state index in [4.69, 9.17) is 9.47 Å². The molecule has 1 N–H and O–H groups in total. The van der Waals surface area contributed by atoms with Gasteiger partial charge >= 0.3 is 0 Å². The first-order valence-corrected chi connectivity index (χ1v) is 5.29. The van der Waals surface area contributed by atoms with Gasteiger partial charge in [0, 0.05) is 18.8 Å². The van der Waals surface area contributed by atoms with E-state index in [1.807, 2.05) is 36.3 Å². The summed E-state index contributed by atoms with van der Waals surface area (Å²) in [5.74, 6) is 2.44. The number of nitrogens with one attached hydrogen (secondary N) is 1. The fraction of sp³-hybridized carbons (Fsp3) is 0.231. The van der Waals surface area contributed by atoms with E-state index in [-0.39, 0.29) is 0 Å². The summed E-state index contributed by atoms with van der Waals surface area (Å²) in [5, 5.41) is 3.08. The number of rotatable bonds is 3. The topological polar surface area (TPSA) is 33.7 Å². The molecule has 4 heteroatoms. The van der Waals surface area contributed by atoms with Crippen molar-refractivity contribution >= 4 is 5.70 Å². The van der Waals surface area contributed by atoms with E-state index in [0.29, 0.717) is 0 Å². The van der Waals surface area contributed by atoms with Crippen molar-refractivity contribution in [1.29, 1.82) is 0 Å². The van der Waals surface area contributed by atoms with Crippen molar-refractivity contribution in [3.63, 3.8) is 0 Å². The summed E-state index contributed by atoms with van der Waals surface area (Å²) in [6, 6.07) is 5.71. The van der Waals surface area contributed by atoms with Crippen LogP contribution in [0, 0.1) is 0 Å². The lowest BCUT2D eigenvalue weighted by Gasteiger charge is -2.19. The highest BCUT2D eigenvalue weighted by molar-refractivity contribution is 5.73. The van der Waals surface area contributed by atoms with Crippen LogP contribution in [0.1, 0.15) is 5.56 Å². The molecular weight excluding hydrogens is 216 g/mol. The quantitative estimate of drug-likeness (QED) is 0.864. The summed E-state index contributed by atoms with van der Waals surface area (Å²) in [7, 11) is 5.26. The summed E-state index contributed by atoms with van der Waals surface area (Å²) in [6.45, 7) is 3.90. The monoisotopic (exact) mass is 232 g/mol. The minimum Gasteiger partial charge on any atom is -0.497 e. The van der Waals surface area contributed by atoms with Gasteiger partial charge in [-0.25, -0.2) is 0 Å². The molecule has 0 atom stereocenters. The van der Waals surface area contributed by atoms with Gasteiger partial charge < -0.3 is 19.7 Å². The molecule has 0 aromatic heterocycles. The Hall–Kier alpha value is -2.10. The molecule has 1 aromatic carbocycles. The second kappa shape index (κ2) is 4.41. The van der Waals surface area contributed by atoms with E-state index in [9.17, 15) is 0 Å². The zero-order valence-electron chi connectivity index (χ0n) is 10.3. The third-order valence-electron chi connectivity index (χ3n) is 2.82. The van der Waals surface area contributed by atoms with Gasteiger partial charge in [-0.1, -0.05) is 6.58 Å². The average molecular weight is 232 g/mol. The van der Waals surface area contributed by atoms with Crippen molar-refractivity contribution in [3.8, 4) is 11.5 Å². The molecule has 0 fully saturated rings. The summed E-state index contributed by atoms with van der Waals surface area (Å²) in [4.78, 5) is 1.97. The first-order valence-electron chi connectivity index (χ1n) is 5.29. The molecule has 1 aliphatic heterocycles. The van der Waals surface area contributed by atoms with E-state index in [1.165, 1.54) is 0 Å². The minimum atomic E-state index is 0.799. The Morgan fingerprint density at radius 2 is 2.00 bits per heavy atom. The van der Waals surface area contributed by atoms with Crippen LogP contribution in [0.2, 0.25) is 0 Å². The Bertz CT molecular complexity index is 480. The molecule has 0 saturated heterocycles. The molecule has 90 valence electrons. The third-order valence-corrected chi connectivity index (χ3v) is 2.82. The minimum absolute atomic E-state index is 0.799. The molecular formula is C13H16N2O2. The van der Waals surface area contributed by atoms with Gasteiger partial charge in [0.25, 0.3) is 0 Å². The first kappa shape index (κ1) is 11.4. The molecule has 0 saturated carbocycles. The maximum atomic E-state index is 5.36. The molecule has 17 heavy (non-hydrogen) atoms. The number of benzene rings is 1. The maximum Gasteiger partial charge on any atom is 0.128 e. The highest BCUT2D eigenvalue weighted by atomic mass is 16.5. The number of ether oxygens (including phenoxy) is 2. The van der Waals surface area contributed by atoms with Crippen LogP contribution in [0.3, 0.4) is 0 Å². The third kappa shape index (κ3) is 1.93. The van der Waals surface area contributed by atoms with E-state index in [1.54, 1.807) is 14.2 Å². The normalized spacial score (nSPS) is 14.4. The van der Waals surface area contributed by atoms with Crippen LogP contribution in [0.4, 0.5) is 0 Å². The van der Waals surface area contributed by atoms with E-state index in [0.717, 1.165) is 28.6 Å². The molecule has 0 spiro atoms. The zero-order valence-corrected chi connectivity index (χ0v) is 10.3. The molecule has 0 amide bonds.